The standard InChI is InChI=1S/C18H17FN2O6S2/c1-9(22)27-6-10-7-29-17-14(16(24)21(17)15(10)18(25)26)20-13(23)8-28-12-4-2-3-11(19)5-12/h2-5,14,17H,6-8H2,1H3,(H,20,23)(H,25,26)/t14-,17-/m1/s1. The maximum Gasteiger partial charge on any atom is 0.352 e. The number of β-lactam (4-membered cyclic amide) rings is 1. The van der Waals surface area contributed by atoms with Gasteiger partial charge in [-0.25, -0.2) is 9.18 Å². The summed E-state index contributed by atoms with van der Waals surface area (Å²) in [6.45, 7) is 1.00. The van der Waals surface area contributed by atoms with Crippen LogP contribution in [0.4, 0.5) is 4.39 Å². The number of carbonyl (C=O) groups excluding carboxylic acids is 3. The number of amides is 2. The number of ether oxygens (including phenoxy) is 1. The fourth-order valence-corrected chi connectivity index (χ4v) is 4.98. The van der Waals surface area contributed by atoms with Crippen molar-refractivity contribution in [2.45, 2.75) is 23.2 Å². The highest BCUT2D eigenvalue weighted by Crippen LogP contribution is 2.40. The molecular weight excluding hydrogens is 423 g/mol. The van der Waals surface area contributed by atoms with Crippen LogP contribution < -0.4 is 5.32 Å². The van der Waals surface area contributed by atoms with E-state index in [4.69, 9.17) is 4.74 Å². The van der Waals surface area contributed by atoms with E-state index in [0.717, 1.165) is 16.7 Å². The molecule has 2 aliphatic heterocycles. The van der Waals surface area contributed by atoms with Gasteiger partial charge in [-0.3, -0.25) is 19.3 Å². The minimum absolute atomic E-state index is 0.00997. The number of nitrogens with zero attached hydrogens (tertiary/aromatic N) is 1. The summed E-state index contributed by atoms with van der Waals surface area (Å²) in [5.41, 5.74) is 0.119. The van der Waals surface area contributed by atoms with Crippen LogP contribution in [-0.4, -0.2) is 63.3 Å². The van der Waals surface area contributed by atoms with Gasteiger partial charge in [0.2, 0.25) is 5.91 Å². The second-order valence-corrected chi connectivity index (χ2v) is 8.39. The Morgan fingerprint density at radius 1 is 1.41 bits per heavy atom. The molecule has 2 amide bonds. The summed E-state index contributed by atoms with van der Waals surface area (Å²) in [7, 11) is 0. The molecular formula is C18H17FN2O6S2. The minimum Gasteiger partial charge on any atom is -0.477 e. The molecule has 2 aliphatic rings. The van der Waals surface area contributed by atoms with E-state index in [0.29, 0.717) is 10.5 Å². The third-order valence-electron chi connectivity index (χ3n) is 4.18. The molecule has 11 heteroatoms. The Balaban J connectivity index is 1.62. The van der Waals surface area contributed by atoms with Crippen LogP contribution in [0.1, 0.15) is 6.92 Å². The summed E-state index contributed by atoms with van der Waals surface area (Å²) in [5.74, 6) is -2.95. The molecule has 0 radical (unpaired) electrons. The number of carboxylic acid groups (broad SMARTS) is 1. The molecule has 154 valence electrons. The second kappa shape index (κ2) is 8.87. The number of benzene rings is 1. The number of esters is 1. The molecule has 0 aliphatic carbocycles. The van der Waals surface area contributed by atoms with Crippen LogP contribution in [-0.2, 0) is 23.9 Å². The van der Waals surface area contributed by atoms with Crippen LogP contribution in [0, 0.1) is 5.82 Å². The number of carbonyl (C=O) groups is 4. The summed E-state index contributed by atoms with van der Waals surface area (Å²) in [6.07, 6.45) is 0. The number of thioether (sulfide) groups is 2. The molecule has 1 fully saturated rings. The first-order chi connectivity index (χ1) is 13.8. The number of carboxylic acids is 1. The number of hydrogen-bond donors (Lipinski definition) is 2. The Morgan fingerprint density at radius 3 is 2.83 bits per heavy atom. The molecule has 0 bridgehead atoms. The third-order valence-corrected chi connectivity index (χ3v) is 6.52. The lowest BCUT2D eigenvalue weighted by Gasteiger charge is -2.49. The number of halogens is 1. The largest absolute Gasteiger partial charge is 0.477 e. The van der Waals surface area contributed by atoms with Crippen LogP contribution in [0.25, 0.3) is 0 Å². The van der Waals surface area contributed by atoms with Crippen molar-refractivity contribution in [3.8, 4) is 0 Å². The Bertz CT molecular complexity index is 906. The SMILES string of the molecule is CC(=O)OCC1=C(C(=O)O)N2C(=O)[C@@H](NC(=O)CSc3cccc(F)c3)[C@H]2SC1. The number of aliphatic carboxylic acids is 1. The zero-order chi connectivity index (χ0) is 21.1. The predicted molar refractivity (Wildman–Crippen MR) is 103 cm³/mol. The molecule has 2 atom stereocenters. The maximum absolute atomic E-state index is 13.2. The molecule has 1 aromatic rings. The van der Waals surface area contributed by atoms with E-state index in [2.05, 4.69) is 5.32 Å². The van der Waals surface area contributed by atoms with Crippen LogP contribution in [0.2, 0.25) is 0 Å². The molecule has 2 heterocycles. The van der Waals surface area contributed by atoms with E-state index in [-0.39, 0.29) is 23.8 Å². The first-order valence-corrected chi connectivity index (χ1v) is 10.5. The van der Waals surface area contributed by atoms with E-state index < -0.39 is 41.0 Å². The molecule has 0 spiro atoms. The first-order valence-electron chi connectivity index (χ1n) is 8.49. The molecule has 0 unspecified atom stereocenters. The van der Waals surface area contributed by atoms with Crippen LogP contribution in [0.5, 0.6) is 0 Å². The van der Waals surface area contributed by atoms with Gasteiger partial charge in [-0.2, -0.15) is 0 Å². The fraction of sp³-hybridized carbons (Fsp3) is 0.333. The first kappa shape index (κ1) is 21.2. The summed E-state index contributed by atoms with van der Waals surface area (Å²) < 4.78 is 18.1. The summed E-state index contributed by atoms with van der Waals surface area (Å²) in [5, 5.41) is 11.6. The van der Waals surface area contributed by atoms with Crippen molar-refractivity contribution in [1.29, 1.82) is 0 Å². The number of fused-ring (bicyclic) bond motifs is 1. The highest BCUT2D eigenvalue weighted by atomic mass is 32.2. The lowest BCUT2D eigenvalue weighted by molar-refractivity contribution is -0.150. The molecule has 29 heavy (non-hydrogen) atoms. The minimum atomic E-state index is -1.29. The van der Waals surface area contributed by atoms with Gasteiger partial charge >= 0.3 is 11.9 Å². The van der Waals surface area contributed by atoms with Crippen molar-refractivity contribution in [3.05, 3.63) is 41.4 Å². The predicted octanol–water partition coefficient (Wildman–Crippen LogP) is 1.22. The van der Waals surface area contributed by atoms with Crippen molar-refractivity contribution in [3.63, 3.8) is 0 Å². The molecule has 8 nitrogen and oxygen atoms in total. The average Bonchev–Trinajstić information content (AvgIpc) is 2.67. The number of nitrogens with one attached hydrogen (secondary N) is 1. The zero-order valence-corrected chi connectivity index (χ0v) is 16.8. The van der Waals surface area contributed by atoms with Gasteiger partial charge in [-0.15, -0.1) is 23.5 Å². The summed E-state index contributed by atoms with van der Waals surface area (Å²) in [4.78, 5) is 49.0. The van der Waals surface area contributed by atoms with Gasteiger partial charge in [-0.1, -0.05) is 6.07 Å². The number of rotatable bonds is 7. The molecule has 0 saturated carbocycles. The Labute approximate surface area is 173 Å². The van der Waals surface area contributed by atoms with E-state index in [1.807, 2.05) is 0 Å². The Kier molecular flexibility index (Phi) is 6.48. The summed E-state index contributed by atoms with van der Waals surface area (Å²) in [6, 6.07) is 4.97. The van der Waals surface area contributed by atoms with Crippen LogP contribution in [0.3, 0.4) is 0 Å². The monoisotopic (exact) mass is 440 g/mol. The highest BCUT2D eigenvalue weighted by Gasteiger charge is 2.54. The Morgan fingerprint density at radius 2 is 2.17 bits per heavy atom. The lowest BCUT2D eigenvalue weighted by atomic mass is 10.0. The van der Waals surface area contributed by atoms with Crippen molar-refractivity contribution in [2.24, 2.45) is 0 Å². The van der Waals surface area contributed by atoms with Crippen molar-refractivity contribution in [1.82, 2.24) is 10.2 Å². The quantitative estimate of drug-likeness (QED) is 0.370. The molecule has 1 saturated heterocycles. The van der Waals surface area contributed by atoms with Crippen LogP contribution in [0.15, 0.2) is 40.4 Å². The smallest absolute Gasteiger partial charge is 0.352 e. The second-order valence-electron chi connectivity index (χ2n) is 6.24. The van der Waals surface area contributed by atoms with E-state index >= 15 is 0 Å². The van der Waals surface area contributed by atoms with Crippen molar-refractivity contribution < 1.29 is 33.4 Å². The zero-order valence-electron chi connectivity index (χ0n) is 15.2. The lowest BCUT2D eigenvalue weighted by Crippen LogP contribution is -2.70. The van der Waals surface area contributed by atoms with E-state index in [1.165, 1.54) is 36.9 Å². The van der Waals surface area contributed by atoms with Gasteiger partial charge in [0.25, 0.3) is 5.91 Å². The van der Waals surface area contributed by atoms with E-state index in [9.17, 15) is 28.7 Å². The maximum atomic E-state index is 13.2. The van der Waals surface area contributed by atoms with Gasteiger partial charge < -0.3 is 15.2 Å². The van der Waals surface area contributed by atoms with E-state index in [1.54, 1.807) is 6.07 Å². The van der Waals surface area contributed by atoms with Crippen LogP contribution >= 0.6 is 23.5 Å². The number of hydrogen-bond acceptors (Lipinski definition) is 7. The normalized spacial score (nSPS) is 20.6. The van der Waals surface area contributed by atoms with Gasteiger partial charge in [0, 0.05) is 23.1 Å². The Hall–Kier alpha value is -2.53. The van der Waals surface area contributed by atoms with Gasteiger partial charge in [-0.05, 0) is 18.2 Å². The molecule has 0 aromatic heterocycles. The molecule has 3 rings (SSSR count). The topological polar surface area (TPSA) is 113 Å². The highest BCUT2D eigenvalue weighted by molar-refractivity contribution is 8.00. The van der Waals surface area contributed by atoms with Gasteiger partial charge in [0.1, 0.15) is 29.5 Å². The van der Waals surface area contributed by atoms with Gasteiger partial charge in [0.05, 0.1) is 5.75 Å². The summed E-state index contributed by atoms with van der Waals surface area (Å²) >= 11 is 2.41. The van der Waals surface area contributed by atoms with Crippen molar-refractivity contribution in [2.75, 3.05) is 18.1 Å². The fourth-order valence-electron chi connectivity index (χ4n) is 2.90. The molecule has 1 aromatic carbocycles. The van der Waals surface area contributed by atoms with Gasteiger partial charge in [0.15, 0.2) is 0 Å². The van der Waals surface area contributed by atoms with Crippen molar-refractivity contribution >= 4 is 47.3 Å². The average molecular weight is 440 g/mol. The third kappa shape index (κ3) is 4.73. The molecule has 2 N–H and O–H groups in total.